The number of hydrogen-bond donors (Lipinski definition) is 1. The zero-order chi connectivity index (χ0) is 18.6. The maximum absolute atomic E-state index is 13.0. The highest BCUT2D eigenvalue weighted by Crippen LogP contribution is 2.26. The Labute approximate surface area is 148 Å². The van der Waals surface area contributed by atoms with E-state index in [0.29, 0.717) is 24.3 Å². The van der Waals surface area contributed by atoms with E-state index in [1.54, 1.807) is 17.0 Å². The second kappa shape index (κ2) is 7.69. The Kier molecular flexibility index (Phi) is 5.36. The van der Waals surface area contributed by atoms with Gasteiger partial charge < -0.3 is 15.0 Å². The fraction of sp³-hybridized carbons (Fsp3) is 0.353. The minimum atomic E-state index is -3.89. The molecule has 1 aromatic heterocycles. The third-order valence-corrected chi connectivity index (χ3v) is 3.84. The predicted octanol–water partition coefficient (Wildman–Crippen LogP) is 2.13. The first kappa shape index (κ1) is 18.1. The number of carbonyl (C=O) groups is 1. The van der Waals surface area contributed by atoms with Crippen LogP contribution >= 0.6 is 0 Å². The van der Waals surface area contributed by atoms with E-state index < -0.39 is 12.8 Å². The molecule has 0 atom stereocenters. The van der Waals surface area contributed by atoms with E-state index in [-0.39, 0.29) is 17.4 Å². The number of hydrogen-bond acceptors (Lipinski definition) is 5. The minimum absolute atomic E-state index is 0.187. The van der Waals surface area contributed by atoms with Crippen molar-refractivity contribution in [2.24, 2.45) is 0 Å². The molecule has 0 unspecified atom stereocenters. The zero-order valence-electron chi connectivity index (χ0n) is 13.8. The van der Waals surface area contributed by atoms with Crippen molar-refractivity contribution >= 4 is 5.91 Å². The first-order valence-electron chi connectivity index (χ1n) is 8.05. The summed E-state index contributed by atoms with van der Waals surface area (Å²) in [7, 11) is 0. The molecule has 0 radical (unpaired) electrons. The molecule has 0 spiro atoms. The van der Waals surface area contributed by atoms with Gasteiger partial charge in [-0.2, -0.15) is 8.78 Å². The first-order chi connectivity index (χ1) is 12.5. The van der Waals surface area contributed by atoms with E-state index in [9.17, 15) is 18.0 Å². The van der Waals surface area contributed by atoms with Gasteiger partial charge in [0, 0.05) is 31.7 Å². The predicted molar refractivity (Wildman–Crippen MR) is 87.8 cm³/mol. The van der Waals surface area contributed by atoms with Crippen molar-refractivity contribution in [3.63, 3.8) is 0 Å². The lowest BCUT2D eigenvalue weighted by Crippen LogP contribution is -2.46. The highest BCUT2D eigenvalue weighted by Gasteiger charge is 2.31. The molecule has 1 aromatic carbocycles. The molecule has 2 heterocycles. The maximum Gasteiger partial charge on any atom is 0.427 e. The molecular formula is C17H17F3N4O2. The lowest BCUT2D eigenvalue weighted by molar-refractivity contribution is -0.186. The van der Waals surface area contributed by atoms with E-state index >= 15 is 0 Å². The molecule has 9 heteroatoms. The Bertz CT molecular complexity index is 765. The van der Waals surface area contributed by atoms with Crippen LogP contribution < -0.4 is 10.1 Å². The highest BCUT2D eigenvalue weighted by atomic mass is 19.3. The van der Waals surface area contributed by atoms with Crippen LogP contribution in [0.1, 0.15) is 10.5 Å². The van der Waals surface area contributed by atoms with E-state index in [1.165, 1.54) is 24.3 Å². The normalized spacial score (nSPS) is 15.0. The van der Waals surface area contributed by atoms with Crippen LogP contribution in [0.5, 0.6) is 5.75 Å². The van der Waals surface area contributed by atoms with Crippen LogP contribution in [0.4, 0.5) is 13.2 Å². The van der Waals surface area contributed by atoms with Crippen LogP contribution in [0.15, 0.2) is 36.4 Å². The number of halogens is 3. The summed E-state index contributed by atoms with van der Waals surface area (Å²) in [5, 5.41) is 11.1. The molecule has 0 saturated carbocycles. The molecule has 0 bridgehead atoms. The number of benzene rings is 1. The van der Waals surface area contributed by atoms with Crippen molar-refractivity contribution in [3.8, 4) is 17.0 Å². The number of nitrogens with zero attached hydrogens (tertiary/aromatic N) is 3. The smallest absolute Gasteiger partial charge is 0.427 e. The number of piperazine rings is 1. The number of alkyl halides is 3. The third kappa shape index (κ3) is 4.29. The fourth-order valence-corrected chi connectivity index (χ4v) is 2.55. The third-order valence-electron chi connectivity index (χ3n) is 3.84. The van der Waals surface area contributed by atoms with Crippen molar-refractivity contribution < 1.29 is 22.7 Å². The summed E-state index contributed by atoms with van der Waals surface area (Å²) in [4.78, 5) is 14.0. The van der Waals surface area contributed by atoms with E-state index in [2.05, 4.69) is 20.3 Å². The topological polar surface area (TPSA) is 67.3 Å². The SMILES string of the molecule is O=C(c1ccc(-c2cccc(OC(F)(F)CF)c2)nn1)N1CCNCC1. The van der Waals surface area contributed by atoms with Crippen molar-refractivity contribution in [2.45, 2.75) is 6.11 Å². The lowest BCUT2D eigenvalue weighted by atomic mass is 10.1. The van der Waals surface area contributed by atoms with Crippen LogP contribution in [0, 0.1) is 0 Å². The van der Waals surface area contributed by atoms with Crippen molar-refractivity contribution in [2.75, 3.05) is 32.9 Å². The molecule has 3 rings (SSSR count). The summed E-state index contributed by atoms with van der Waals surface area (Å²) in [6.07, 6.45) is -3.89. The van der Waals surface area contributed by atoms with Crippen LogP contribution in [0.2, 0.25) is 0 Å². The Morgan fingerprint density at radius 2 is 1.96 bits per heavy atom. The van der Waals surface area contributed by atoms with E-state index in [1.807, 2.05) is 0 Å². The van der Waals surface area contributed by atoms with Gasteiger partial charge in [0.25, 0.3) is 5.91 Å². The van der Waals surface area contributed by atoms with Crippen molar-refractivity contribution in [3.05, 3.63) is 42.1 Å². The highest BCUT2D eigenvalue weighted by molar-refractivity contribution is 5.92. The molecule has 1 aliphatic heterocycles. The van der Waals surface area contributed by atoms with Crippen LogP contribution in [-0.2, 0) is 0 Å². The Balaban J connectivity index is 1.75. The minimum Gasteiger partial charge on any atom is -0.431 e. The van der Waals surface area contributed by atoms with Gasteiger partial charge in [-0.3, -0.25) is 4.79 Å². The Hall–Kier alpha value is -2.68. The average molecular weight is 366 g/mol. The monoisotopic (exact) mass is 366 g/mol. The molecule has 1 fully saturated rings. The number of ether oxygens (including phenoxy) is 1. The molecule has 1 amide bonds. The molecule has 1 N–H and O–H groups in total. The fourth-order valence-electron chi connectivity index (χ4n) is 2.55. The summed E-state index contributed by atoms with van der Waals surface area (Å²) in [6, 6.07) is 8.84. The lowest BCUT2D eigenvalue weighted by Gasteiger charge is -2.26. The Morgan fingerprint density at radius 3 is 2.62 bits per heavy atom. The molecule has 26 heavy (non-hydrogen) atoms. The van der Waals surface area contributed by atoms with Gasteiger partial charge in [0.1, 0.15) is 5.75 Å². The number of rotatable bonds is 5. The molecular weight excluding hydrogens is 349 g/mol. The summed E-state index contributed by atoms with van der Waals surface area (Å²) < 4.78 is 42.6. The first-order valence-corrected chi connectivity index (χ1v) is 8.05. The molecule has 1 saturated heterocycles. The van der Waals surface area contributed by atoms with Crippen LogP contribution in [-0.4, -0.2) is 60.0 Å². The summed E-state index contributed by atoms with van der Waals surface area (Å²) in [6.45, 7) is 0.746. The van der Waals surface area contributed by atoms with Gasteiger partial charge in [-0.05, 0) is 24.3 Å². The summed E-state index contributed by atoms with van der Waals surface area (Å²) >= 11 is 0. The van der Waals surface area contributed by atoms with E-state index in [4.69, 9.17) is 0 Å². The second-order valence-corrected chi connectivity index (χ2v) is 5.75. The largest absolute Gasteiger partial charge is 0.431 e. The number of aromatic nitrogens is 2. The van der Waals surface area contributed by atoms with Crippen molar-refractivity contribution in [1.82, 2.24) is 20.4 Å². The van der Waals surface area contributed by atoms with Gasteiger partial charge in [0.05, 0.1) is 5.69 Å². The molecule has 6 nitrogen and oxygen atoms in total. The Morgan fingerprint density at radius 1 is 1.19 bits per heavy atom. The van der Waals surface area contributed by atoms with Gasteiger partial charge >= 0.3 is 6.11 Å². The van der Waals surface area contributed by atoms with E-state index in [0.717, 1.165) is 13.1 Å². The van der Waals surface area contributed by atoms with Gasteiger partial charge in [-0.1, -0.05) is 12.1 Å². The standard InChI is InChI=1S/C17H17F3N4O2/c18-11-17(19,20)26-13-3-1-2-12(10-13)14-4-5-15(23-22-14)16(25)24-8-6-21-7-9-24/h1-5,10,21H,6-9,11H2. The number of carbonyl (C=O) groups excluding carboxylic acids is 1. The molecule has 2 aromatic rings. The van der Waals surface area contributed by atoms with Gasteiger partial charge in [0.2, 0.25) is 0 Å². The summed E-state index contributed by atoms with van der Waals surface area (Å²) in [5.41, 5.74) is 1.06. The van der Waals surface area contributed by atoms with Gasteiger partial charge in [-0.15, -0.1) is 10.2 Å². The number of nitrogens with one attached hydrogen (secondary N) is 1. The molecule has 0 aliphatic carbocycles. The molecule has 1 aliphatic rings. The van der Waals surface area contributed by atoms with Crippen LogP contribution in [0.25, 0.3) is 11.3 Å². The zero-order valence-corrected chi connectivity index (χ0v) is 13.8. The van der Waals surface area contributed by atoms with Gasteiger partial charge in [0.15, 0.2) is 12.4 Å². The van der Waals surface area contributed by atoms with Crippen LogP contribution in [0.3, 0.4) is 0 Å². The maximum atomic E-state index is 13.0. The quantitative estimate of drug-likeness (QED) is 0.878. The van der Waals surface area contributed by atoms with Crippen molar-refractivity contribution in [1.29, 1.82) is 0 Å². The van der Waals surface area contributed by atoms with Gasteiger partial charge in [-0.25, -0.2) is 4.39 Å². The summed E-state index contributed by atoms with van der Waals surface area (Å²) in [5.74, 6) is -0.391. The molecule has 138 valence electrons. The number of amides is 1. The second-order valence-electron chi connectivity index (χ2n) is 5.75. The average Bonchev–Trinajstić information content (AvgIpc) is 2.68.